The van der Waals surface area contributed by atoms with Gasteiger partial charge >= 0.3 is 5.97 Å². The molecular formula is C8H13NO3S2. The van der Waals surface area contributed by atoms with Crippen molar-refractivity contribution >= 4 is 41.3 Å². The molecule has 0 bridgehead atoms. The fraction of sp³-hybridized carbons (Fsp3) is 0.625. The highest BCUT2D eigenvalue weighted by Crippen LogP contribution is 1.99. The molecule has 6 heteroatoms. The number of carbonyl (C=O) groups is 2. The number of hydrogen-bond acceptors (Lipinski definition) is 4. The monoisotopic (exact) mass is 235 g/mol. The smallest absolute Gasteiger partial charge is 0.303 e. The highest BCUT2D eigenvalue weighted by molar-refractivity contribution is 7.99. The van der Waals surface area contributed by atoms with Crippen molar-refractivity contribution in [2.45, 2.75) is 12.8 Å². The Labute approximate surface area is 92.7 Å². The van der Waals surface area contributed by atoms with Gasteiger partial charge in [0.05, 0.1) is 11.2 Å². The SMILES string of the molecule is CSCC(=O)N(C=S)CCCC(=O)O. The van der Waals surface area contributed by atoms with Crippen LogP contribution in [-0.4, -0.2) is 45.9 Å². The van der Waals surface area contributed by atoms with E-state index in [0.717, 1.165) is 0 Å². The van der Waals surface area contributed by atoms with Crippen LogP contribution in [0.3, 0.4) is 0 Å². The molecule has 0 spiro atoms. The van der Waals surface area contributed by atoms with E-state index in [4.69, 9.17) is 5.11 Å². The maximum atomic E-state index is 11.3. The second-order valence-electron chi connectivity index (χ2n) is 2.62. The summed E-state index contributed by atoms with van der Waals surface area (Å²) in [6.45, 7) is 0.384. The molecule has 0 aromatic carbocycles. The van der Waals surface area contributed by atoms with Gasteiger partial charge in [0, 0.05) is 13.0 Å². The van der Waals surface area contributed by atoms with Crippen molar-refractivity contribution in [2.75, 3.05) is 18.6 Å². The normalized spacial score (nSPS) is 9.50. The first-order valence-electron chi connectivity index (χ1n) is 4.07. The van der Waals surface area contributed by atoms with Gasteiger partial charge in [0.2, 0.25) is 5.91 Å². The van der Waals surface area contributed by atoms with Gasteiger partial charge < -0.3 is 10.0 Å². The first-order valence-corrected chi connectivity index (χ1v) is 5.93. The number of thiocarbonyl (C=S) groups is 1. The van der Waals surface area contributed by atoms with Gasteiger partial charge in [0.1, 0.15) is 0 Å². The second-order valence-corrected chi connectivity index (χ2v) is 3.70. The van der Waals surface area contributed by atoms with Gasteiger partial charge in [-0.15, -0.1) is 0 Å². The number of carboxylic acids is 1. The number of rotatable bonds is 7. The Hall–Kier alpha value is -0.620. The summed E-state index contributed by atoms with van der Waals surface area (Å²) >= 11 is 6.09. The van der Waals surface area contributed by atoms with Gasteiger partial charge in [0.25, 0.3) is 0 Å². The van der Waals surface area contributed by atoms with Gasteiger partial charge in [-0.3, -0.25) is 9.59 Å². The van der Waals surface area contributed by atoms with E-state index in [0.29, 0.717) is 18.7 Å². The lowest BCUT2D eigenvalue weighted by molar-refractivity contribution is -0.137. The highest BCUT2D eigenvalue weighted by atomic mass is 32.2. The van der Waals surface area contributed by atoms with Crippen LogP contribution in [0, 0.1) is 0 Å². The first kappa shape index (κ1) is 13.4. The number of nitrogens with zero attached hydrogens (tertiary/aromatic N) is 1. The fourth-order valence-corrected chi connectivity index (χ4v) is 1.48. The molecule has 0 radical (unpaired) electrons. The molecule has 0 aliphatic heterocycles. The molecule has 0 fully saturated rings. The third-order valence-corrected chi connectivity index (χ3v) is 2.30. The molecule has 0 aromatic heterocycles. The van der Waals surface area contributed by atoms with Gasteiger partial charge in [-0.05, 0) is 12.7 Å². The predicted octanol–water partition coefficient (Wildman–Crippen LogP) is 1.00. The summed E-state index contributed by atoms with van der Waals surface area (Å²) in [7, 11) is 0. The number of carbonyl (C=O) groups excluding carboxylic acids is 1. The molecule has 0 atom stereocenters. The highest BCUT2D eigenvalue weighted by Gasteiger charge is 2.10. The van der Waals surface area contributed by atoms with Crippen LogP contribution in [0.25, 0.3) is 0 Å². The minimum atomic E-state index is -0.855. The van der Waals surface area contributed by atoms with E-state index in [2.05, 4.69) is 12.2 Å². The standard InChI is InChI=1S/C8H13NO3S2/c1-14-5-7(10)9(6-13)4-2-3-8(11)12/h6H,2-5H2,1H3,(H,11,12). The van der Waals surface area contributed by atoms with Crippen molar-refractivity contribution in [1.82, 2.24) is 4.90 Å². The summed E-state index contributed by atoms with van der Waals surface area (Å²) in [5, 5.41) is 8.40. The first-order chi connectivity index (χ1) is 6.61. The summed E-state index contributed by atoms with van der Waals surface area (Å²) in [6, 6.07) is 0. The van der Waals surface area contributed by atoms with Crippen LogP contribution >= 0.6 is 24.0 Å². The van der Waals surface area contributed by atoms with Crippen molar-refractivity contribution < 1.29 is 14.7 Å². The molecule has 0 aliphatic rings. The predicted molar refractivity (Wildman–Crippen MR) is 60.6 cm³/mol. The molecule has 14 heavy (non-hydrogen) atoms. The van der Waals surface area contributed by atoms with Crippen LogP contribution in [0.5, 0.6) is 0 Å². The molecule has 1 N–H and O–H groups in total. The van der Waals surface area contributed by atoms with Crippen LogP contribution < -0.4 is 0 Å². The molecule has 0 unspecified atom stereocenters. The minimum absolute atomic E-state index is 0.0617. The molecule has 80 valence electrons. The largest absolute Gasteiger partial charge is 0.481 e. The van der Waals surface area contributed by atoms with E-state index >= 15 is 0 Å². The quantitative estimate of drug-likeness (QED) is 0.667. The maximum absolute atomic E-state index is 11.3. The van der Waals surface area contributed by atoms with Crippen molar-refractivity contribution in [2.24, 2.45) is 0 Å². The Morgan fingerprint density at radius 1 is 1.57 bits per heavy atom. The lowest BCUT2D eigenvalue weighted by Gasteiger charge is -2.15. The summed E-state index contributed by atoms with van der Waals surface area (Å²) in [5.74, 6) is -0.551. The van der Waals surface area contributed by atoms with E-state index in [-0.39, 0.29) is 12.3 Å². The second kappa shape index (κ2) is 7.75. The van der Waals surface area contributed by atoms with E-state index < -0.39 is 5.97 Å². The van der Waals surface area contributed by atoms with E-state index in [1.165, 1.54) is 22.2 Å². The summed E-state index contributed by atoms with van der Waals surface area (Å²) in [4.78, 5) is 22.9. The Balaban J connectivity index is 3.84. The third-order valence-electron chi connectivity index (χ3n) is 1.51. The number of aliphatic carboxylic acids is 1. The van der Waals surface area contributed by atoms with Crippen molar-refractivity contribution in [3.8, 4) is 0 Å². The lowest BCUT2D eigenvalue weighted by Crippen LogP contribution is -2.31. The number of hydrogen-bond donors (Lipinski definition) is 1. The van der Waals surface area contributed by atoms with Crippen LogP contribution in [0.2, 0.25) is 0 Å². The van der Waals surface area contributed by atoms with Crippen LogP contribution in [0.15, 0.2) is 0 Å². The molecule has 0 aromatic rings. The molecular weight excluding hydrogens is 222 g/mol. The van der Waals surface area contributed by atoms with E-state index in [1.807, 2.05) is 6.26 Å². The van der Waals surface area contributed by atoms with Crippen LogP contribution in [0.1, 0.15) is 12.8 Å². The lowest BCUT2D eigenvalue weighted by atomic mass is 10.3. The fourth-order valence-electron chi connectivity index (χ4n) is 0.843. The van der Waals surface area contributed by atoms with Crippen molar-refractivity contribution in [3.63, 3.8) is 0 Å². The van der Waals surface area contributed by atoms with Gasteiger partial charge in [-0.1, -0.05) is 12.2 Å². The summed E-state index contributed by atoms with van der Waals surface area (Å²) in [6.07, 6.45) is 2.32. The Bertz CT molecular complexity index is 221. The molecule has 0 rings (SSSR count). The molecule has 0 heterocycles. The van der Waals surface area contributed by atoms with Gasteiger partial charge in [-0.2, -0.15) is 11.8 Å². The van der Waals surface area contributed by atoms with Gasteiger partial charge in [0.15, 0.2) is 0 Å². The van der Waals surface area contributed by atoms with Crippen molar-refractivity contribution in [1.29, 1.82) is 0 Å². The molecule has 4 nitrogen and oxygen atoms in total. The zero-order valence-corrected chi connectivity index (χ0v) is 9.57. The van der Waals surface area contributed by atoms with Crippen LogP contribution in [-0.2, 0) is 9.59 Å². The zero-order valence-electron chi connectivity index (χ0n) is 7.93. The Kier molecular flexibility index (Phi) is 7.41. The molecule has 1 amide bonds. The van der Waals surface area contributed by atoms with Gasteiger partial charge in [-0.25, -0.2) is 0 Å². The summed E-state index contributed by atoms with van der Waals surface area (Å²) < 4.78 is 0. The van der Waals surface area contributed by atoms with E-state index in [1.54, 1.807) is 0 Å². The zero-order chi connectivity index (χ0) is 11.0. The summed E-state index contributed by atoms with van der Waals surface area (Å²) in [5.41, 5.74) is 1.28. The minimum Gasteiger partial charge on any atom is -0.481 e. The molecule has 0 aliphatic carbocycles. The van der Waals surface area contributed by atoms with E-state index in [9.17, 15) is 9.59 Å². The van der Waals surface area contributed by atoms with Crippen molar-refractivity contribution in [3.05, 3.63) is 0 Å². The third kappa shape index (κ3) is 5.93. The topological polar surface area (TPSA) is 57.6 Å². The van der Waals surface area contributed by atoms with Crippen LogP contribution in [0.4, 0.5) is 0 Å². The Morgan fingerprint density at radius 2 is 2.21 bits per heavy atom. The number of amides is 1. The number of thioether (sulfide) groups is 1. The maximum Gasteiger partial charge on any atom is 0.303 e. The Morgan fingerprint density at radius 3 is 2.64 bits per heavy atom. The molecule has 0 saturated carbocycles. The molecule has 0 saturated heterocycles. The average molecular weight is 235 g/mol. The number of carboxylic acid groups (broad SMARTS) is 1. The average Bonchev–Trinajstić information content (AvgIpc) is 2.12.